The number of carbonyl (C=O) groups is 3. The van der Waals surface area contributed by atoms with Crippen LogP contribution in [0, 0.1) is 11.8 Å². The van der Waals surface area contributed by atoms with Crippen LogP contribution < -0.4 is 10.6 Å². The van der Waals surface area contributed by atoms with Crippen molar-refractivity contribution in [3.05, 3.63) is 0 Å². The molecule has 2 fully saturated rings. The molecule has 21 heavy (non-hydrogen) atoms. The summed E-state index contributed by atoms with van der Waals surface area (Å²) in [5.41, 5.74) is -0.837. The van der Waals surface area contributed by atoms with Crippen molar-refractivity contribution in [2.24, 2.45) is 11.8 Å². The molecule has 6 nitrogen and oxygen atoms in total. The van der Waals surface area contributed by atoms with Crippen molar-refractivity contribution >= 4 is 17.8 Å². The van der Waals surface area contributed by atoms with E-state index in [0.29, 0.717) is 25.8 Å². The third kappa shape index (κ3) is 3.54. The van der Waals surface area contributed by atoms with Crippen LogP contribution in [-0.2, 0) is 14.4 Å². The molecule has 2 atom stereocenters. The third-order valence-corrected chi connectivity index (χ3v) is 4.48. The van der Waals surface area contributed by atoms with Gasteiger partial charge in [-0.2, -0.15) is 0 Å². The Morgan fingerprint density at radius 3 is 2.33 bits per heavy atom. The zero-order valence-electron chi connectivity index (χ0n) is 12.5. The predicted octanol–water partition coefficient (Wildman–Crippen LogP) is 1.05. The Morgan fingerprint density at radius 1 is 1.14 bits per heavy atom. The van der Waals surface area contributed by atoms with Crippen LogP contribution in [0.4, 0.5) is 0 Å². The van der Waals surface area contributed by atoms with Crippen LogP contribution in [0.15, 0.2) is 0 Å². The van der Waals surface area contributed by atoms with Crippen molar-refractivity contribution in [3.63, 3.8) is 0 Å². The first-order chi connectivity index (χ1) is 10.00. The van der Waals surface area contributed by atoms with E-state index >= 15 is 0 Å². The molecule has 0 aromatic heterocycles. The van der Waals surface area contributed by atoms with Gasteiger partial charge >= 0.3 is 5.97 Å². The molecule has 6 heteroatoms. The van der Waals surface area contributed by atoms with Crippen molar-refractivity contribution in [2.45, 2.75) is 57.4 Å². The van der Waals surface area contributed by atoms with E-state index in [1.165, 1.54) is 0 Å². The first-order valence-electron chi connectivity index (χ1n) is 7.83. The molecule has 2 saturated carbocycles. The second-order valence-corrected chi connectivity index (χ2v) is 6.17. The molecule has 0 aromatic carbocycles. The maximum atomic E-state index is 12.4. The van der Waals surface area contributed by atoms with E-state index < -0.39 is 23.3 Å². The number of carboxylic acids is 1. The van der Waals surface area contributed by atoms with E-state index in [2.05, 4.69) is 10.6 Å². The van der Waals surface area contributed by atoms with Gasteiger partial charge in [0.2, 0.25) is 11.8 Å². The molecular weight excluding hydrogens is 272 g/mol. The van der Waals surface area contributed by atoms with Gasteiger partial charge in [-0.15, -0.1) is 0 Å². The van der Waals surface area contributed by atoms with Crippen LogP contribution in [0.5, 0.6) is 0 Å². The van der Waals surface area contributed by atoms with Gasteiger partial charge < -0.3 is 15.7 Å². The number of rotatable bonds is 6. The van der Waals surface area contributed by atoms with Gasteiger partial charge in [0.05, 0.1) is 11.8 Å². The normalized spacial score (nSPS) is 26.7. The average molecular weight is 296 g/mol. The summed E-state index contributed by atoms with van der Waals surface area (Å²) in [4.78, 5) is 35.5. The summed E-state index contributed by atoms with van der Waals surface area (Å²) in [7, 11) is 0. The second-order valence-electron chi connectivity index (χ2n) is 6.17. The van der Waals surface area contributed by atoms with E-state index in [-0.39, 0.29) is 11.8 Å². The van der Waals surface area contributed by atoms with Gasteiger partial charge in [0, 0.05) is 6.54 Å². The largest absolute Gasteiger partial charge is 0.481 e. The number of amides is 2. The number of aliphatic carboxylic acids is 1. The third-order valence-electron chi connectivity index (χ3n) is 4.48. The molecule has 0 saturated heterocycles. The number of carboxylic acid groups (broad SMARTS) is 1. The Labute approximate surface area is 124 Å². The van der Waals surface area contributed by atoms with E-state index in [9.17, 15) is 14.4 Å². The molecule has 2 unspecified atom stereocenters. The van der Waals surface area contributed by atoms with Crippen LogP contribution in [0.3, 0.4) is 0 Å². The second kappa shape index (κ2) is 6.45. The summed E-state index contributed by atoms with van der Waals surface area (Å²) in [6, 6.07) is 0. The number of hydrogen-bond donors (Lipinski definition) is 3. The summed E-state index contributed by atoms with van der Waals surface area (Å²) in [5, 5.41) is 14.7. The van der Waals surface area contributed by atoms with Gasteiger partial charge in [-0.05, 0) is 25.7 Å². The first-order valence-corrected chi connectivity index (χ1v) is 7.83. The van der Waals surface area contributed by atoms with Gasteiger partial charge in [-0.1, -0.05) is 26.2 Å². The van der Waals surface area contributed by atoms with E-state index in [0.717, 1.165) is 25.7 Å². The van der Waals surface area contributed by atoms with E-state index in [1.807, 2.05) is 6.92 Å². The van der Waals surface area contributed by atoms with E-state index in [1.54, 1.807) is 0 Å². The highest BCUT2D eigenvalue weighted by atomic mass is 16.4. The quantitative estimate of drug-likeness (QED) is 0.682. The first kappa shape index (κ1) is 15.8. The van der Waals surface area contributed by atoms with Crippen molar-refractivity contribution in [1.82, 2.24) is 10.6 Å². The summed E-state index contributed by atoms with van der Waals surface area (Å²) >= 11 is 0. The number of carbonyl (C=O) groups excluding carboxylic acids is 2. The molecule has 0 radical (unpaired) electrons. The minimum atomic E-state index is -0.928. The van der Waals surface area contributed by atoms with Gasteiger partial charge in [-0.25, -0.2) is 0 Å². The SMILES string of the molecule is CCCNC(=O)C1(NC(=O)C2CC2C(=O)O)CCCCC1. The summed E-state index contributed by atoms with van der Waals surface area (Å²) < 4.78 is 0. The monoisotopic (exact) mass is 296 g/mol. The summed E-state index contributed by atoms with van der Waals surface area (Å²) in [6.07, 6.45) is 5.39. The Bertz CT molecular complexity index is 429. The van der Waals surface area contributed by atoms with Crippen LogP contribution in [0.2, 0.25) is 0 Å². The molecule has 0 bridgehead atoms. The fraction of sp³-hybridized carbons (Fsp3) is 0.800. The Kier molecular flexibility index (Phi) is 4.85. The van der Waals surface area contributed by atoms with Crippen LogP contribution in [-0.4, -0.2) is 35.0 Å². The molecule has 3 N–H and O–H groups in total. The maximum Gasteiger partial charge on any atom is 0.307 e. The lowest BCUT2D eigenvalue weighted by Crippen LogP contribution is -2.60. The van der Waals surface area contributed by atoms with Crippen molar-refractivity contribution in [1.29, 1.82) is 0 Å². The fourth-order valence-corrected chi connectivity index (χ4v) is 3.06. The lowest BCUT2D eigenvalue weighted by molar-refractivity contribution is -0.141. The Balaban J connectivity index is 2.01. The average Bonchev–Trinajstić information content (AvgIpc) is 3.26. The minimum Gasteiger partial charge on any atom is -0.481 e. The molecular formula is C15H24N2O4. The molecule has 0 aliphatic heterocycles. The standard InChI is InChI=1S/C15H24N2O4/c1-2-8-16-14(21)15(6-4-3-5-7-15)17-12(18)10-9-11(10)13(19)20/h10-11H,2-9H2,1H3,(H,16,21)(H,17,18)(H,19,20). The van der Waals surface area contributed by atoms with Crippen molar-refractivity contribution in [3.8, 4) is 0 Å². The van der Waals surface area contributed by atoms with E-state index in [4.69, 9.17) is 5.11 Å². The minimum absolute atomic E-state index is 0.120. The summed E-state index contributed by atoms with van der Waals surface area (Å²) in [5.74, 6) is -2.38. The highest BCUT2D eigenvalue weighted by Gasteiger charge is 2.51. The molecule has 118 valence electrons. The maximum absolute atomic E-state index is 12.4. The van der Waals surface area contributed by atoms with Crippen LogP contribution in [0.25, 0.3) is 0 Å². The molecule has 0 aromatic rings. The zero-order valence-corrected chi connectivity index (χ0v) is 12.5. The fourth-order valence-electron chi connectivity index (χ4n) is 3.06. The Morgan fingerprint density at radius 2 is 1.81 bits per heavy atom. The lowest BCUT2D eigenvalue weighted by atomic mass is 9.80. The smallest absolute Gasteiger partial charge is 0.307 e. The van der Waals surface area contributed by atoms with Crippen molar-refractivity contribution in [2.75, 3.05) is 6.54 Å². The molecule has 0 heterocycles. The van der Waals surface area contributed by atoms with Gasteiger partial charge in [0.25, 0.3) is 0 Å². The topological polar surface area (TPSA) is 95.5 Å². The lowest BCUT2D eigenvalue weighted by Gasteiger charge is -2.36. The molecule has 2 aliphatic rings. The van der Waals surface area contributed by atoms with Crippen LogP contribution in [0.1, 0.15) is 51.9 Å². The highest BCUT2D eigenvalue weighted by molar-refractivity contribution is 5.95. The predicted molar refractivity (Wildman–Crippen MR) is 76.5 cm³/mol. The molecule has 0 spiro atoms. The van der Waals surface area contributed by atoms with Crippen LogP contribution >= 0.6 is 0 Å². The molecule has 2 aliphatic carbocycles. The molecule has 2 amide bonds. The number of nitrogens with one attached hydrogen (secondary N) is 2. The Hall–Kier alpha value is -1.59. The summed E-state index contributed by atoms with van der Waals surface area (Å²) in [6.45, 7) is 2.58. The van der Waals surface area contributed by atoms with Gasteiger partial charge in [0.15, 0.2) is 0 Å². The van der Waals surface area contributed by atoms with Gasteiger partial charge in [0.1, 0.15) is 5.54 Å². The van der Waals surface area contributed by atoms with Gasteiger partial charge in [-0.3, -0.25) is 14.4 Å². The number of hydrogen-bond acceptors (Lipinski definition) is 3. The zero-order chi connectivity index (χ0) is 15.5. The van der Waals surface area contributed by atoms with Crippen molar-refractivity contribution < 1.29 is 19.5 Å². The highest BCUT2D eigenvalue weighted by Crippen LogP contribution is 2.40. The molecule has 2 rings (SSSR count).